The quantitative estimate of drug-likeness (QED) is 0.674. The Morgan fingerprint density at radius 3 is 2.50 bits per heavy atom. The molecule has 0 spiro atoms. The van der Waals surface area contributed by atoms with E-state index in [0.717, 1.165) is 5.56 Å². The maximum Gasteiger partial charge on any atom is 0.260 e. The Morgan fingerprint density at radius 2 is 1.88 bits per heavy atom. The predicted molar refractivity (Wildman–Crippen MR) is 61.2 cm³/mol. The third-order valence-electron chi connectivity index (χ3n) is 3.54. The zero-order valence-electron chi connectivity index (χ0n) is 9.78. The molecule has 0 aliphatic carbocycles. The first-order valence-electron chi connectivity index (χ1n) is 5.44. The first-order chi connectivity index (χ1) is 7.52. The van der Waals surface area contributed by atoms with Crippen molar-refractivity contribution in [2.24, 2.45) is 0 Å². The number of benzene rings is 1. The van der Waals surface area contributed by atoms with Crippen molar-refractivity contribution < 1.29 is 9.59 Å². The lowest BCUT2D eigenvalue weighted by atomic mass is 9.74. The highest BCUT2D eigenvalue weighted by molar-refractivity contribution is 6.12. The van der Waals surface area contributed by atoms with E-state index < -0.39 is 5.41 Å². The molecule has 0 aromatic heterocycles. The Hall–Kier alpha value is -1.64. The van der Waals surface area contributed by atoms with Gasteiger partial charge in [0.05, 0.1) is 5.41 Å². The van der Waals surface area contributed by atoms with Crippen molar-refractivity contribution in [1.29, 1.82) is 0 Å². The molecule has 0 saturated heterocycles. The molecule has 1 aromatic carbocycles. The fourth-order valence-corrected chi connectivity index (χ4v) is 2.25. The van der Waals surface area contributed by atoms with E-state index in [1.165, 1.54) is 4.90 Å². The van der Waals surface area contributed by atoms with Crippen LogP contribution in [0.25, 0.3) is 0 Å². The van der Waals surface area contributed by atoms with E-state index in [9.17, 15) is 9.59 Å². The van der Waals surface area contributed by atoms with Crippen molar-refractivity contribution in [3.05, 3.63) is 35.4 Å². The van der Waals surface area contributed by atoms with Crippen molar-refractivity contribution in [2.45, 2.75) is 25.7 Å². The molecule has 2 amide bonds. The maximum absolute atomic E-state index is 12.2. The summed E-state index contributed by atoms with van der Waals surface area (Å²) in [6, 6.07) is 7.37. The summed E-state index contributed by atoms with van der Waals surface area (Å²) in [5.41, 5.74) is 0.929. The molecular weight excluding hydrogens is 202 g/mol. The summed E-state index contributed by atoms with van der Waals surface area (Å²) in [6.45, 7) is 3.87. The van der Waals surface area contributed by atoms with E-state index in [0.29, 0.717) is 12.0 Å². The second-order valence-electron chi connectivity index (χ2n) is 4.40. The van der Waals surface area contributed by atoms with Crippen LogP contribution in [-0.4, -0.2) is 23.8 Å². The van der Waals surface area contributed by atoms with Gasteiger partial charge in [-0.2, -0.15) is 0 Å². The number of hydrogen-bond donors (Lipinski definition) is 0. The Labute approximate surface area is 95.1 Å². The van der Waals surface area contributed by atoms with E-state index in [1.54, 1.807) is 13.1 Å². The van der Waals surface area contributed by atoms with Gasteiger partial charge < -0.3 is 0 Å². The molecule has 0 fully saturated rings. The van der Waals surface area contributed by atoms with Crippen LogP contribution in [-0.2, 0) is 10.2 Å². The van der Waals surface area contributed by atoms with Gasteiger partial charge in [-0.05, 0) is 25.0 Å². The largest absolute Gasteiger partial charge is 0.281 e. The molecule has 2 rings (SSSR count). The highest BCUT2D eigenvalue weighted by atomic mass is 16.2. The summed E-state index contributed by atoms with van der Waals surface area (Å²) in [4.78, 5) is 25.3. The minimum absolute atomic E-state index is 0.112. The van der Waals surface area contributed by atoms with Gasteiger partial charge in [0.25, 0.3) is 5.91 Å². The third kappa shape index (κ3) is 1.21. The topological polar surface area (TPSA) is 37.4 Å². The zero-order chi connectivity index (χ0) is 11.9. The van der Waals surface area contributed by atoms with Gasteiger partial charge in [-0.1, -0.05) is 25.1 Å². The predicted octanol–water partition coefficient (Wildman–Crippen LogP) is 1.97. The van der Waals surface area contributed by atoms with E-state index >= 15 is 0 Å². The van der Waals surface area contributed by atoms with E-state index in [1.807, 2.05) is 32.0 Å². The summed E-state index contributed by atoms with van der Waals surface area (Å²) >= 11 is 0. The lowest BCUT2D eigenvalue weighted by Gasteiger charge is -2.37. The standard InChI is InChI=1S/C13H15NO2/c1-4-13(2)10-8-6-5-7-9(10)11(15)14(3)12(13)16/h5-8H,4H2,1-3H3. The van der Waals surface area contributed by atoms with Gasteiger partial charge >= 0.3 is 0 Å². The summed E-state index contributed by atoms with van der Waals surface area (Å²) in [6.07, 6.45) is 0.695. The molecule has 0 radical (unpaired) electrons. The van der Waals surface area contributed by atoms with Crippen molar-refractivity contribution in [2.75, 3.05) is 7.05 Å². The van der Waals surface area contributed by atoms with Crippen molar-refractivity contribution in [3.8, 4) is 0 Å². The number of nitrogens with zero attached hydrogens (tertiary/aromatic N) is 1. The number of carbonyl (C=O) groups excluding carboxylic acids is 2. The second kappa shape index (κ2) is 3.44. The van der Waals surface area contributed by atoms with Crippen LogP contribution in [0.4, 0.5) is 0 Å². The Kier molecular flexibility index (Phi) is 2.34. The number of likely N-dealkylation sites (N-methyl/N-ethyl adjacent to an activating group) is 1. The molecule has 1 aliphatic rings. The maximum atomic E-state index is 12.2. The number of hydrogen-bond acceptors (Lipinski definition) is 2. The molecule has 0 N–H and O–H groups in total. The minimum Gasteiger partial charge on any atom is -0.281 e. The summed E-state index contributed by atoms with van der Waals surface area (Å²) in [7, 11) is 1.55. The SMILES string of the molecule is CCC1(C)C(=O)N(C)C(=O)c2ccccc21. The number of amides is 2. The third-order valence-corrected chi connectivity index (χ3v) is 3.54. The van der Waals surface area contributed by atoms with Crippen LogP contribution in [0, 0.1) is 0 Å². The number of rotatable bonds is 1. The number of carbonyl (C=O) groups is 2. The van der Waals surface area contributed by atoms with Gasteiger partial charge in [0.15, 0.2) is 0 Å². The number of imide groups is 1. The molecule has 1 unspecified atom stereocenters. The van der Waals surface area contributed by atoms with Crippen LogP contribution < -0.4 is 0 Å². The van der Waals surface area contributed by atoms with Gasteiger partial charge in [0.2, 0.25) is 5.91 Å². The highest BCUT2D eigenvalue weighted by Crippen LogP contribution is 2.36. The van der Waals surface area contributed by atoms with Gasteiger partial charge in [-0.25, -0.2) is 0 Å². The highest BCUT2D eigenvalue weighted by Gasteiger charge is 2.44. The molecule has 0 saturated carbocycles. The van der Waals surface area contributed by atoms with E-state index in [2.05, 4.69) is 0 Å². The molecule has 3 heteroatoms. The summed E-state index contributed by atoms with van der Waals surface area (Å²) in [5.74, 6) is -0.315. The van der Waals surface area contributed by atoms with Crippen molar-refractivity contribution in [3.63, 3.8) is 0 Å². The van der Waals surface area contributed by atoms with Crippen molar-refractivity contribution in [1.82, 2.24) is 4.90 Å². The van der Waals surface area contributed by atoms with Crippen LogP contribution in [0.2, 0.25) is 0 Å². The first kappa shape index (κ1) is 10.9. The van der Waals surface area contributed by atoms with E-state index in [-0.39, 0.29) is 11.8 Å². The molecule has 1 aliphatic heterocycles. The van der Waals surface area contributed by atoms with Gasteiger partial charge in [0.1, 0.15) is 0 Å². The van der Waals surface area contributed by atoms with Crippen molar-refractivity contribution >= 4 is 11.8 Å². The number of fused-ring (bicyclic) bond motifs is 1. The smallest absolute Gasteiger partial charge is 0.260 e. The normalized spacial score (nSPS) is 24.6. The molecule has 1 atom stereocenters. The fraction of sp³-hybridized carbons (Fsp3) is 0.385. The molecule has 3 nitrogen and oxygen atoms in total. The minimum atomic E-state index is -0.570. The Morgan fingerprint density at radius 1 is 1.25 bits per heavy atom. The second-order valence-corrected chi connectivity index (χ2v) is 4.40. The molecule has 0 bridgehead atoms. The average Bonchev–Trinajstić information content (AvgIpc) is 2.33. The lowest BCUT2D eigenvalue weighted by molar-refractivity contribution is -0.133. The van der Waals surface area contributed by atoms with E-state index in [4.69, 9.17) is 0 Å². The average molecular weight is 217 g/mol. The van der Waals surface area contributed by atoms with Crippen LogP contribution in [0.15, 0.2) is 24.3 Å². The van der Waals surface area contributed by atoms with Gasteiger partial charge in [-0.3, -0.25) is 14.5 Å². The molecular formula is C13H15NO2. The van der Waals surface area contributed by atoms with Gasteiger partial charge in [-0.15, -0.1) is 0 Å². The molecule has 84 valence electrons. The molecule has 1 aromatic rings. The first-order valence-corrected chi connectivity index (χ1v) is 5.44. The summed E-state index contributed by atoms with van der Waals surface area (Å²) in [5, 5.41) is 0. The molecule has 16 heavy (non-hydrogen) atoms. The monoisotopic (exact) mass is 217 g/mol. The fourth-order valence-electron chi connectivity index (χ4n) is 2.25. The van der Waals surface area contributed by atoms with Crippen LogP contribution in [0.1, 0.15) is 36.2 Å². The van der Waals surface area contributed by atoms with Gasteiger partial charge in [0, 0.05) is 12.6 Å². The van der Waals surface area contributed by atoms with Crippen LogP contribution in [0.3, 0.4) is 0 Å². The molecule has 1 heterocycles. The Bertz CT molecular complexity index is 467. The Balaban J connectivity index is 2.71. The lowest BCUT2D eigenvalue weighted by Crippen LogP contribution is -2.50. The zero-order valence-corrected chi connectivity index (χ0v) is 9.78. The summed E-state index contributed by atoms with van der Waals surface area (Å²) < 4.78 is 0. The van der Waals surface area contributed by atoms with Crippen LogP contribution >= 0.6 is 0 Å². The van der Waals surface area contributed by atoms with Crippen LogP contribution in [0.5, 0.6) is 0 Å².